The quantitative estimate of drug-likeness (QED) is 0.0282. The third-order valence-corrected chi connectivity index (χ3v) is 11.0. The van der Waals surface area contributed by atoms with Gasteiger partial charge < -0.3 is 23.8 Å². The van der Waals surface area contributed by atoms with Crippen LogP contribution < -0.4 is 0 Å². The number of carbonyl (C=O) groups is 3. The van der Waals surface area contributed by atoms with Crippen molar-refractivity contribution in [1.29, 1.82) is 0 Å². The number of nitrogens with zero attached hydrogens (tertiary/aromatic N) is 1. The minimum Gasteiger partial charge on any atom is -0.477 e. The number of allylic oxidation sites excluding steroid dienone is 6. The maximum atomic E-state index is 12.8. The number of quaternary nitrogens is 1. The molecule has 59 heavy (non-hydrogen) atoms. The van der Waals surface area contributed by atoms with Crippen molar-refractivity contribution in [2.45, 2.75) is 231 Å². The molecule has 0 saturated heterocycles. The highest BCUT2D eigenvalue weighted by Crippen LogP contribution is 2.15. The van der Waals surface area contributed by atoms with E-state index >= 15 is 0 Å². The molecule has 0 rings (SSSR count). The molecule has 8 nitrogen and oxygen atoms in total. The molecule has 0 fully saturated rings. The van der Waals surface area contributed by atoms with Crippen LogP contribution in [0.25, 0.3) is 0 Å². The summed E-state index contributed by atoms with van der Waals surface area (Å²) in [7, 11) is 5.53. The van der Waals surface area contributed by atoms with Gasteiger partial charge in [0.15, 0.2) is 12.1 Å². The van der Waals surface area contributed by atoms with E-state index in [1.807, 2.05) is 21.1 Å². The second-order valence-electron chi connectivity index (χ2n) is 17.7. The van der Waals surface area contributed by atoms with Crippen LogP contribution in [0.4, 0.5) is 0 Å². The average molecular weight is 833 g/mol. The van der Waals surface area contributed by atoms with E-state index < -0.39 is 18.1 Å². The van der Waals surface area contributed by atoms with Gasteiger partial charge in [0.05, 0.1) is 34.4 Å². The first-order valence-electron chi connectivity index (χ1n) is 24.5. The summed E-state index contributed by atoms with van der Waals surface area (Å²) in [5, 5.41) is 9.64. The monoisotopic (exact) mass is 833 g/mol. The molecule has 0 spiro atoms. The van der Waals surface area contributed by atoms with Crippen LogP contribution in [0.3, 0.4) is 0 Å². The van der Waals surface area contributed by atoms with Gasteiger partial charge in [0.2, 0.25) is 0 Å². The van der Waals surface area contributed by atoms with E-state index in [1.165, 1.54) is 135 Å². The Kier molecular flexibility index (Phi) is 40.5. The molecule has 1 N–H and O–H groups in total. The maximum absolute atomic E-state index is 12.8. The Hall–Kier alpha value is -2.45. The van der Waals surface area contributed by atoms with E-state index in [-0.39, 0.29) is 36.2 Å². The van der Waals surface area contributed by atoms with Crippen LogP contribution in [0.2, 0.25) is 0 Å². The molecular formula is C51H94NO7+. The number of carbonyl (C=O) groups excluding carboxylic acids is 2. The van der Waals surface area contributed by atoms with E-state index in [4.69, 9.17) is 14.2 Å². The fraction of sp³-hybridized carbons (Fsp3) is 0.824. The molecule has 0 aromatic rings. The number of hydrogen-bond donors (Lipinski definition) is 1. The lowest BCUT2D eigenvalue weighted by Gasteiger charge is -2.31. The summed E-state index contributed by atoms with van der Waals surface area (Å²) >= 11 is 0. The van der Waals surface area contributed by atoms with Crippen molar-refractivity contribution in [1.82, 2.24) is 0 Å². The van der Waals surface area contributed by atoms with E-state index in [1.54, 1.807) is 0 Å². The minimum atomic E-state index is -0.876. The van der Waals surface area contributed by atoms with Crippen molar-refractivity contribution >= 4 is 17.9 Å². The number of ether oxygens (including phenoxy) is 3. The Morgan fingerprint density at radius 2 is 0.898 bits per heavy atom. The largest absolute Gasteiger partial charge is 0.477 e. The summed E-state index contributed by atoms with van der Waals surface area (Å²) in [6, 6.07) is -0.616. The van der Waals surface area contributed by atoms with Crippen molar-refractivity contribution < 1.29 is 38.2 Å². The molecule has 0 aliphatic rings. The molecule has 2 atom stereocenters. The van der Waals surface area contributed by atoms with Gasteiger partial charge in [-0.15, -0.1) is 0 Å². The smallest absolute Gasteiger partial charge is 0.362 e. The fourth-order valence-electron chi connectivity index (χ4n) is 7.18. The Bertz CT molecular complexity index is 1060. The van der Waals surface area contributed by atoms with Crippen LogP contribution in [0, 0.1) is 0 Å². The first kappa shape index (κ1) is 56.5. The molecule has 0 radical (unpaired) electrons. The molecule has 0 aromatic heterocycles. The van der Waals surface area contributed by atoms with Crippen molar-refractivity contribution in [2.24, 2.45) is 0 Å². The number of unbranched alkanes of at least 4 members (excludes halogenated alkanes) is 24. The Morgan fingerprint density at radius 3 is 1.36 bits per heavy atom. The second-order valence-corrected chi connectivity index (χ2v) is 17.7. The topological polar surface area (TPSA) is 99.1 Å². The summed E-state index contributed by atoms with van der Waals surface area (Å²) in [4.78, 5) is 37.1. The van der Waals surface area contributed by atoms with Gasteiger partial charge in [0, 0.05) is 19.3 Å². The first-order valence-corrected chi connectivity index (χ1v) is 24.5. The zero-order valence-electron chi connectivity index (χ0n) is 39.2. The van der Waals surface area contributed by atoms with E-state index in [9.17, 15) is 19.5 Å². The van der Waals surface area contributed by atoms with Crippen molar-refractivity contribution in [2.75, 3.05) is 41.0 Å². The van der Waals surface area contributed by atoms with Crippen LogP contribution in [0.1, 0.15) is 219 Å². The summed E-state index contributed by atoms with van der Waals surface area (Å²) in [6.45, 7) is 4.72. The number of carboxylic acids is 1. The van der Waals surface area contributed by atoms with E-state index in [0.29, 0.717) is 19.3 Å². The third kappa shape index (κ3) is 40.7. The van der Waals surface area contributed by atoms with Crippen LogP contribution in [-0.2, 0) is 28.6 Å². The number of likely N-dealkylation sites (N-methyl/N-ethyl adjacent to an activating group) is 1. The summed E-state index contributed by atoms with van der Waals surface area (Å²) in [5.41, 5.74) is 0. The summed E-state index contributed by atoms with van der Waals surface area (Å²) in [6.07, 6.45) is 49.0. The van der Waals surface area contributed by atoms with Crippen LogP contribution in [0.5, 0.6) is 0 Å². The van der Waals surface area contributed by atoms with E-state index in [0.717, 1.165) is 51.4 Å². The lowest BCUT2D eigenvalue weighted by molar-refractivity contribution is -0.887. The van der Waals surface area contributed by atoms with Gasteiger partial charge in [-0.25, -0.2) is 4.79 Å². The molecule has 0 heterocycles. The minimum absolute atomic E-state index is 0.0553. The predicted molar refractivity (Wildman–Crippen MR) is 248 cm³/mol. The molecule has 8 heteroatoms. The van der Waals surface area contributed by atoms with Gasteiger partial charge in [-0.2, -0.15) is 0 Å². The molecule has 2 unspecified atom stereocenters. The Balaban J connectivity index is 4.29. The van der Waals surface area contributed by atoms with Gasteiger partial charge in [-0.3, -0.25) is 9.59 Å². The molecule has 0 amide bonds. The number of carboxylic acid groups (broad SMARTS) is 1. The highest BCUT2D eigenvalue weighted by Gasteiger charge is 2.31. The predicted octanol–water partition coefficient (Wildman–Crippen LogP) is 13.8. The first-order chi connectivity index (χ1) is 28.6. The highest BCUT2D eigenvalue weighted by atomic mass is 16.6. The average Bonchev–Trinajstić information content (AvgIpc) is 3.19. The summed E-state index contributed by atoms with van der Waals surface area (Å²) < 4.78 is 17.3. The molecule has 0 bridgehead atoms. The van der Waals surface area contributed by atoms with Crippen molar-refractivity contribution in [3.63, 3.8) is 0 Å². The van der Waals surface area contributed by atoms with Gasteiger partial charge in [0.25, 0.3) is 0 Å². The van der Waals surface area contributed by atoms with Gasteiger partial charge in [-0.05, 0) is 70.6 Å². The number of hydrogen-bond acceptors (Lipinski definition) is 6. The third-order valence-electron chi connectivity index (χ3n) is 11.0. The Labute approximate surface area is 364 Å². The lowest BCUT2D eigenvalue weighted by Crippen LogP contribution is -2.50. The number of aliphatic carboxylic acids is 1. The molecular weight excluding hydrogens is 739 g/mol. The van der Waals surface area contributed by atoms with Crippen molar-refractivity contribution in [3.8, 4) is 0 Å². The maximum Gasteiger partial charge on any atom is 0.362 e. The zero-order chi connectivity index (χ0) is 43.5. The normalized spacial score (nSPS) is 13.2. The SMILES string of the molecule is CCCCC/C=C\C/C=C\CCCCCCCCCCCC(=O)OC(COCCC(C(=O)O)[N+](C)(C)C)COC(=O)CCCCCCC/C=C\CCCCCCCCC. The Morgan fingerprint density at radius 1 is 0.508 bits per heavy atom. The highest BCUT2D eigenvalue weighted by molar-refractivity contribution is 5.72. The standard InChI is InChI=1S/C51H93NO7/c1-6-8-10-12-14-16-18-20-22-24-25-26-28-30-32-34-36-38-40-42-50(54)59-47(45-57-44-43-48(51(55)56)52(3,4)5)46-58-49(53)41-39-37-35-33-31-29-27-23-21-19-17-15-13-11-9-7-2/h14,16,20,22-23,27,47-48H,6-13,15,17-19,21,24-26,28-46H2,1-5H3/p+1/b16-14-,22-20-,27-23-. The molecule has 0 aliphatic heterocycles. The molecule has 344 valence electrons. The number of rotatable bonds is 44. The fourth-order valence-corrected chi connectivity index (χ4v) is 7.18. The molecule has 0 aliphatic carbocycles. The summed E-state index contributed by atoms with van der Waals surface area (Å²) in [5.74, 6) is -1.47. The van der Waals surface area contributed by atoms with Crippen LogP contribution in [-0.4, -0.2) is 80.6 Å². The molecule has 0 saturated carbocycles. The van der Waals surface area contributed by atoms with Crippen LogP contribution >= 0.6 is 0 Å². The van der Waals surface area contributed by atoms with Gasteiger partial charge >= 0.3 is 17.9 Å². The van der Waals surface area contributed by atoms with E-state index in [2.05, 4.69) is 50.3 Å². The van der Waals surface area contributed by atoms with Gasteiger partial charge in [-0.1, -0.05) is 166 Å². The van der Waals surface area contributed by atoms with Crippen LogP contribution in [0.15, 0.2) is 36.5 Å². The molecule has 0 aromatic carbocycles. The van der Waals surface area contributed by atoms with Gasteiger partial charge in [0.1, 0.15) is 6.61 Å². The number of esters is 2. The lowest BCUT2D eigenvalue weighted by atomic mass is 10.1. The van der Waals surface area contributed by atoms with Crippen molar-refractivity contribution in [3.05, 3.63) is 36.5 Å². The second kappa shape index (κ2) is 42.2. The zero-order valence-corrected chi connectivity index (χ0v) is 39.2.